The molecule has 3 aromatic heterocycles. The van der Waals surface area contributed by atoms with Crippen molar-refractivity contribution >= 4 is 29.9 Å². The second-order valence-electron chi connectivity index (χ2n) is 8.21. The lowest BCUT2D eigenvalue weighted by atomic mass is 10.2. The van der Waals surface area contributed by atoms with E-state index in [2.05, 4.69) is 44.7 Å². The summed E-state index contributed by atoms with van der Waals surface area (Å²) in [5, 5.41) is 11.4. The minimum Gasteiger partial charge on any atom is -0.468 e. The van der Waals surface area contributed by atoms with Crippen LogP contribution in [0.5, 0.6) is 0 Å². The first-order valence-corrected chi connectivity index (χ1v) is 11.4. The van der Waals surface area contributed by atoms with E-state index in [0.717, 1.165) is 60.7 Å². The van der Waals surface area contributed by atoms with Gasteiger partial charge in [-0.3, -0.25) is 4.90 Å². The van der Waals surface area contributed by atoms with E-state index < -0.39 is 0 Å². The van der Waals surface area contributed by atoms with E-state index in [9.17, 15) is 0 Å². The third-order valence-electron chi connectivity index (χ3n) is 5.72. The van der Waals surface area contributed by atoms with Crippen LogP contribution in [0.2, 0.25) is 0 Å². The summed E-state index contributed by atoms with van der Waals surface area (Å²) in [6, 6.07) is 10.3. The van der Waals surface area contributed by atoms with Gasteiger partial charge in [0.1, 0.15) is 5.76 Å². The molecule has 0 bridgehead atoms. The lowest BCUT2D eigenvalue weighted by Gasteiger charge is -2.26. The number of nitrogens with zero attached hydrogens (tertiary/aromatic N) is 5. The average Bonchev–Trinajstić information content (AvgIpc) is 3.56. The second-order valence-corrected chi connectivity index (χ2v) is 8.21. The summed E-state index contributed by atoms with van der Waals surface area (Å²) in [5.74, 6) is 2.62. The fraction of sp³-hybridized carbons (Fsp3) is 0.458. The van der Waals surface area contributed by atoms with Gasteiger partial charge in [-0.25, -0.2) is 14.7 Å². The van der Waals surface area contributed by atoms with Crippen LogP contribution in [0.25, 0.3) is 5.82 Å². The molecule has 1 unspecified atom stereocenters. The number of furan rings is 1. The zero-order valence-corrected chi connectivity index (χ0v) is 22.0. The summed E-state index contributed by atoms with van der Waals surface area (Å²) in [6.45, 7) is 10.4. The van der Waals surface area contributed by atoms with Crippen LogP contribution in [0.3, 0.4) is 0 Å². The van der Waals surface area contributed by atoms with Crippen molar-refractivity contribution in [2.75, 3.05) is 26.2 Å². The quantitative estimate of drug-likeness (QED) is 0.245. The topological polar surface area (TPSA) is 83.5 Å². The average molecular weight is 563 g/mol. The first-order chi connectivity index (χ1) is 15.6. The van der Waals surface area contributed by atoms with Gasteiger partial charge in [0.25, 0.3) is 0 Å². The Morgan fingerprint density at radius 3 is 2.61 bits per heavy atom. The molecule has 4 rings (SSSR count). The first-order valence-electron chi connectivity index (χ1n) is 11.4. The van der Waals surface area contributed by atoms with Crippen LogP contribution >= 0.6 is 24.0 Å². The molecule has 1 saturated heterocycles. The zero-order valence-electron chi connectivity index (χ0n) is 19.6. The molecule has 33 heavy (non-hydrogen) atoms. The maximum Gasteiger partial charge on any atom is 0.191 e. The number of aryl methyl sites for hydroxylation is 2. The molecule has 0 amide bonds. The Morgan fingerprint density at radius 2 is 2.00 bits per heavy atom. The molecule has 1 aliphatic rings. The first kappa shape index (κ1) is 25.2. The number of likely N-dealkylation sites (tertiary alicyclic amines) is 1. The molecular formula is C24H34IN7O. The van der Waals surface area contributed by atoms with Crippen LogP contribution in [0, 0.1) is 13.8 Å². The Bertz CT molecular complexity index is 1010. The van der Waals surface area contributed by atoms with Crippen LogP contribution in [0.1, 0.15) is 48.5 Å². The Labute approximate surface area is 212 Å². The Hall–Kier alpha value is -2.40. The summed E-state index contributed by atoms with van der Waals surface area (Å²) in [5.41, 5.74) is 3.11. The van der Waals surface area contributed by atoms with Crippen molar-refractivity contribution in [3.8, 4) is 5.82 Å². The van der Waals surface area contributed by atoms with Crippen LogP contribution in [0.15, 0.2) is 52.2 Å². The van der Waals surface area contributed by atoms with Gasteiger partial charge in [-0.1, -0.05) is 6.07 Å². The molecule has 0 radical (unpaired) electrons. The normalized spacial score (nSPS) is 15.3. The minimum absolute atomic E-state index is 0. The van der Waals surface area contributed by atoms with Gasteiger partial charge in [0, 0.05) is 25.0 Å². The summed E-state index contributed by atoms with van der Waals surface area (Å²) < 4.78 is 7.59. The molecule has 178 valence electrons. The highest BCUT2D eigenvalue weighted by molar-refractivity contribution is 14.0. The Morgan fingerprint density at radius 1 is 1.18 bits per heavy atom. The van der Waals surface area contributed by atoms with E-state index in [0.29, 0.717) is 6.54 Å². The molecule has 1 fully saturated rings. The lowest BCUT2D eigenvalue weighted by Crippen LogP contribution is -2.42. The van der Waals surface area contributed by atoms with Crippen molar-refractivity contribution in [3.63, 3.8) is 0 Å². The predicted octanol–water partition coefficient (Wildman–Crippen LogP) is 3.99. The summed E-state index contributed by atoms with van der Waals surface area (Å²) in [6.07, 6.45) is 6.10. The van der Waals surface area contributed by atoms with Crippen LogP contribution in [-0.2, 0) is 6.54 Å². The molecular weight excluding hydrogens is 529 g/mol. The van der Waals surface area contributed by atoms with E-state index in [1.807, 2.05) is 42.9 Å². The van der Waals surface area contributed by atoms with E-state index in [1.165, 1.54) is 12.8 Å². The fourth-order valence-corrected chi connectivity index (χ4v) is 4.15. The number of guanidine groups is 1. The molecule has 9 heteroatoms. The fourth-order valence-electron chi connectivity index (χ4n) is 4.15. The third-order valence-corrected chi connectivity index (χ3v) is 5.72. The van der Waals surface area contributed by atoms with E-state index in [4.69, 9.17) is 9.41 Å². The van der Waals surface area contributed by atoms with Crippen molar-refractivity contribution in [3.05, 3.63) is 65.5 Å². The summed E-state index contributed by atoms with van der Waals surface area (Å²) >= 11 is 0. The number of hydrogen-bond donors (Lipinski definition) is 2. The van der Waals surface area contributed by atoms with Crippen molar-refractivity contribution < 1.29 is 4.42 Å². The van der Waals surface area contributed by atoms with Gasteiger partial charge in [0.05, 0.1) is 24.5 Å². The van der Waals surface area contributed by atoms with Gasteiger partial charge >= 0.3 is 0 Å². The predicted molar refractivity (Wildman–Crippen MR) is 141 cm³/mol. The highest BCUT2D eigenvalue weighted by Gasteiger charge is 2.25. The molecule has 1 atom stereocenters. The number of nitrogens with one attached hydrogen (secondary N) is 2. The van der Waals surface area contributed by atoms with Gasteiger partial charge in [-0.2, -0.15) is 5.10 Å². The molecule has 0 aliphatic carbocycles. The van der Waals surface area contributed by atoms with Gasteiger partial charge in [-0.05, 0) is 76.5 Å². The highest BCUT2D eigenvalue weighted by atomic mass is 127. The molecule has 0 saturated carbocycles. The standard InChI is InChI=1S/C24H33N7O.HI/c1-4-25-24(28-17-21(22-8-7-13-32-22)30-11-5-6-12-30)27-16-20-9-10-23(26-15-20)31-19(3)14-18(2)29-31;/h7-10,13-15,21H,4-6,11-12,16-17H2,1-3H3,(H2,25,27,28);1H. The van der Waals surface area contributed by atoms with E-state index in [1.54, 1.807) is 6.26 Å². The molecule has 2 N–H and O–H groups in total. The maximum atomic E-state index is 5.73. The van der Waals surface area contributed by atoms with Crippen LogP contribution < -0.4 is 10.6 Å². The molecule has 4 heterocycles. The van der Waals surface area contributed by atoms with Crippen molar-refractivity contribution in [1.29, 1.82) is 0 Å². The van der Waals surface area contributed by atoms with Crippen molar-refractivity contribution in [1.82, 2.24) is 30.3 Å². The lowest BCUT2D eigenvalue weighted by molar-refractivity contribution is 0.215. The highest BCUT2D eigenvalue weighted by Crippen LogP contribution is 2.24. The van der Waals surface area contributed by atoms with Gasteiger partial charge in [-0.15, -0.1) is 24.0 Å². The second kappa shape index (κ2) is 12.2. The SMILES string of the molecule is CCNC(=NCc1ccc(-n2nc(C)cc2C)nc1)NCC(c1ccco1)N1CCCC1.I. The number of aromatic nitrogens is 3. The van der Waals surface area contributed by atoms with Gasteiger partial charge in [0.15, 0.2) is 11.8 Å². The van der Waals surface area contributed by atoms with Crippen molar-refractivity contribution in [2.45, 2.75) is 46.2 Å². The summed E-state index contributed by atoms with van der Waals surface area (Å²) in [7, 11) is 0. The number of rotatable bonds is 8. The van der Waals surface area contributed by atoms with Gasteiger partial charge in [0.2, 0.25) is 0 Å². The monoisotopic (exact) mass is 563 g/mol. The summed E-state index contributed by atoms with van der Waals surface area (Å²) in [4.78, 5) is 11.8. The number of halogens is 1. The number of hydrogen-bond acceptors (Lipinski definition) is 5. The Kier molecular flexibility index (Phi) is 9.30. The smallest absolute Gasteiger partial charge is 0.191 e. The Balaban J connectivity index is 0.00000306. The van der Waals surface area contributed by atoms with E-state index in [-0.39, 0.29) is 30.0 Å². The largest absolute Gasteiger partial charge is 0.468 e. The maximum absolute atomic E-state index is 5.73. The molecule has 0 aromatic carbocycles. The zero-order chi connectivity index (χ0) is 22.3. The molecule has 3 aromatic rings. The van der Waals surface area contributed by atoms with E-state index >= 15 is 0 Å². The number of pyridine rings is 1. The van der Waals surface area contributed by atoms with Gasteiger partial charge < -0.3 is 15.1 Å². The molecule has 1 aliphatic heterocycles. The third kappa shape index (κ3) is 6.57. The van der Waals surface area contributed by atoms with Crippen molar-refractivity contribution in [2.24, 2.45) is 4.99 Å². The van der Waals surface area contributed by atoms with Crippen LogP contribution in [-0.4, -0.2) is 51.8 Å². The molecule has 8 nitrogen and oxygen atoms in total. The number of aliphatic imine (C=N–C) groups is 1. The minimum atomic E-state index is 0. The molecule has 0 spiro atoms. The van der Waals surface area contributed by atoms with Crippen LogP contribution in [0.4, 0.5) is 0 Å².